The minimum atomic E-state index is -1.31. The molecule has 1 aliphatic rings. The second-order valence-electron chi connectivity index (χ2n) is 10.6. The van der Waals surface area contributed by atoms with Crippen molar-refractivity contribution in [2.45, 2.75) is 57.7 Å². The fourth-order valence-corrected chi connectivity index (χ4v) is 4.87. The number of hydrogen-bond acceptors (Lipinski definition) is 6. The molecule has 0 saturated carbocycles. The summed E-state index contributed by atoms with van der Waals surface area (Å²) < 4.78 is 28.0. The molecule has 1 fully saturated rings. The van der Waals surface area contributed by atoms with Gasteiger partial charge in [0, 0.05) is 37.9 Å². The smallest absolute Gasteiger partial charge is 0.317 e. The third-order valence-corrected chi connectivity index (χ3v) is 6.69. The normalized spacial score (nSPS) is 15.1. The Kier molecular flexibility index (Phi) is 8.11. The third-order valence-electron chi connectivity index (χ3n) is 6.69. The van der Waals surface area contributed by atoms with E-state index in [1.54, 1.807) is 25.7 Å². The first-order chi connectivity index (χ1) is 18.1. The number of benzene rings is 3. The topological polar surface area (TPSA) is 81.9 Å². The van der Waals surface area contributed by atoms with E-state index >= 15 is 4.39 Å². The van der Waals surface area contributed by atoms with E-state index in [-0.39, 0.29) is 56.1 Å². The fraction of sp³-hybridized carbons (Fsp3) is 0.367. The Morgan fingerprint density at radius 1 is 0.974 bits per heavy atom. The van der Waals surface area contributed by atoms with Gasteiger partial charge < -0.3 is 14.4 Å². The summed E-state index contributed by atoms with van der Waals surface area (Å²) in [5, 5.41) is 12.2. The minimum absolute atomic E-state index is 0.0989. The zero-order valence-electron chi connectivity index (χ0n) is 22.0. The van der Waals surface area contributed by atoms with Crippen molar-refractivity contribution in [2.75, 3.05) is 18.1 Å². The Morgan fingerprint density at radius 3 is 1.97 bits per heavy atom. The number of nitro benzene ring substituents is 1. The zero-order valence-corrected chi connectivity index (χ0v) is 22.0. The molecule has 0 spiro atoms. The molecule has 0 unspecified atom stereocenters. The Hall–Kier alpha value is -3.78. The SMILES string of the molecule is CC(C)(C)OC(=O)C1(c2ccc([N+](=O)[O-])c(N(Cc3ccccc3)Cc3ccccc3)c2F)CCOCC1. The maximum Gasteiger partial charge on any atom is 0.317 e. The number of esters is 1. The average molecular weight is 521 g/mol. The van der Waals surface area contributed by atoms with Gasteiger partial charge in [-0.3, -0.25) is 14.9 Å². The number of ether oxygens (including phenoxy) is 2. The molecule has 0 N–H and O–H groups in total. The molecule has 1 heterocycles. The Bertz CT molecular complexity index is 1230. The lowest BCUT2D eigenvalue weighted by molar-refractivity contribution is -0.384. The molecular weight excluding hydrogens is 487 g/mol. The van der Waals surface area contributed by atoms with E-state index in [0.717, 1.165) is 11.1 Å². The van der Waals surface area contributed by atoms with Crippen LogP contribution in [0.2, 0.25) is 0 Å². The van der Waals surface area contributed by atoms with Gasteiger partial charge in [-0.05, 0) is 50.8 Å². The molecule has 0 aromatic heterocycles. The van der Waals surface area contributed by atoms with Crippen molar-refractivity contribution in [3.8, 4) is 0 Å². The average Bonchev–Trinajstić information content (AvgIpc) is 2.88. The molecule has 0 bridgehead atoms. The van der Waals surface area contributed by atoms with Crippen LogP contribution in [0.4, 0.5) is 15.8 Å². The van der Waals surface area contributed by atoms with Crippen molar-refractivity contribution in [3.63, 3.8) is 0 Å². The number of carbonyl (C=O) groups is 1. The van der Waals surface area contributed by atoms with Crippen molar-refractivity contribution >= 4 is 17.3 Å². The largest absolute Gasteiger partial charge is 0.459 e. The summed E-state index contributed by atoms with van der Waals surface area (Å²) in [5.41, 5.74) is -0.758. The molecule has 4 rings (SSSR count). The molecule has 38 heavy (non-hydrogen) atoms. The van der Waals surface area contributed by atoms with Crippen LogP contribution in [0.25, 0.3) is 0 Å². The second-order valence-corrected chi connectivity index (χ2v) is 10.6. The van der Waals surface area contributed by atoms with Gasteiger partial charge in [0.1, 0.15) is 11.0 Å². The summed E-state index contributed by atoms with van der Waals surface area (Å²) in [4.78, 5) is 26.8. The van der Waals surface area contributed by atoms with Gasteiger partial charge in [0.05, 0.1) is 4.92 Å². The van der Waals surface area contributed by atoms with Crippen molar-refractivity contribution in [2.24, 2.45) is 0 Å². The van der Waals surface area contributed by atoms with Crippen LogP contribution in [-0.4, -0.2) is 29.7 Å². The van der Waals surface area contributed by atoms with Gasteiger partial charge in [-0.1, -0.05) is 60.7 Å². The molecular formula is C30H33FN2O5. The van der Waals surface area contributed by atoms with E-state index in [2.05, 4.69) is 0 Å². The summed E-state index contributed by atoms with van der Waals surface area (Å²) in [5.74, 6) is -1.33. The van der Waals surface area contributed by atoms with Crippen LogP contribution in [0.15, 0.2) is 72.8 Å². The first kappa shape index (κ1) is 27.3. The van der Waals surface area contributed by atoms with E-state index in [1.165, 1.54) is 12.1 Å². The Labute approximate surface area is 222 Å². The van der Waals surface area contributed by atoms with Crippen LogP contribution in [0, 0.1) is 15.9 Å². The highest BCUT2D eigenvalue weighted by Crippen LogP contribution is 2.44. The molecule has 0 atom stereocenters. The van der Waals surface area contributed by atoms with Crippen LogP contribution in [0.3, 0.4) is 0 Å². The van der Waals surface area contributed by atoms with Crippen molar-refractivity contribution in [1.29, 1.82) is 0 Å². The predicted octanol–water partition coefficient (Wildman–Crippen LogP) is 6.33. The summed E-state index contributed by atoms with van der Waals surface area (Å²) in [7, 11) is 0. The molecule has 3 aromatic carbocycles. The highest BCUT2D eigenvalue weighted by atomic mass is 19.1. The highest BCUT2D eigenvalue weighted by Gasteiger charge is 2.47. The van der Waals surface area contributed by atoms with Crippen LogP contribution < -0.4 is 4.90 Å². The molecule has 3 aromatic rings. The predicted molar refractivity (Wildman–Crippen MR) is 143 cm³/mol. The van der Waals surface area contributed by atoms with Gasteiger partial charge in [0.2, 0.25) is 0 Å². The quantitative estimate of drug-likeness (QED) is 0.196. The van der Waals surface area contributed by atoms with Gasteiger partial charge in [-0.25, -0.2) is 4.39 Å². The van der Waals surface area contributed by atoms with Gasteiger partial charge in [0.25, 0.3) is 5.69 Å². The van der Waals surface area contributed by atoms with E-state index in [0.29, 0.717) is 0 Å². The van der Waals surface area contributed by atoms with Crippen molar-refractivity contribution in [3.05, 3.63) is 105 Å². The lowest BCUT2D eigenvalue weighted by atomic mass is 9.73. The highest BCUT2D eigenvalue weighted by molar-refractivity contribution is 5.85. The van der Waals surface area contributed by atoms with Crippen LogP contribution in [0.5, 0.6) is 0 Å². The summed E-state index contributed by atoms with van der Waals surface area (Å²) in [6.45, 7) is 6.26. The molecule has 7 nitrogen and oxygen atoms in total. The summed E-state index contributed by atoms with van der Waals surface area (Å²) >= 11 is 0. The summed E-state index contributed by atoms with van der Waals surface area (Å²) in [6.07, 6.45) is 0.431. The zero-order chi connectivity index (χ0) is 27.3. The molecule has 8 heteroatoms. The Morgan fingerprint density at radius 2 is 1.50 bits per heavy atom. The van der Waals surface area contributed by atoms with E-state index in [1.807, 2.05) is 60.7 Å². The van der Waals surface area contributed by atoms with Crippen molar-refractivity contribution in [1.82, 2.24) is 0 Å². The number of anilines is 1. The number of carbonyl (C=O) groups excluding carboxylic acids is 1. The number of halogens is 1. The van der Waals surface area contributed by atoms with Gasteiger partial charge >= 0.3 is 5.97 Å². The number of nitrogens with zero attached hydrogens (tertiary/aromatic N) is 2. The monoisotopic (exact) mass is 520 g/mol. The number of hydrogen-bond donors (Lipinski definition) is 0. The number of nitro groups is 1. The van der Waals surface area contributed by atoms with E-state index < -0.39 is 27.7 Å². The Balaban J connectivity index is 1.89. The lowest BCUT2D eigenvalue weighted by Gasteiger charge is -2.38. The first-order valence-corrected chi connectivity index (χ1v) is 12.7. The minimum Gasteiger partial charge on any atom is -0.459 e. The lowest BCUT2D eigenvalue weighted by Crippen LogP contribution is -2.46. The molecule has 1 saturated heterocycles. The molecule has 0 radical (unpaired) electrons. The van der Waals surface area contributed by atoms with Crippen LogP contribution in [-0.2, 0) is 32.8 Å². The van der Waals surface area contributed by atoms with Crippen molar-refractivity contribution < 1.29 is 23.6 Å². The maximum absolute atomic E-state index is 16.8. The van der Waals surface area contributed by atoms with Crippen LogP contribution in [0.1, 0.15) is 50.3 Å². The van der Waals surface area contributed by atoms with E-state index in [9.17, 15) is 14.9 Å². The van der Waals surface area contributed by atoms with Gasteiger partial charge in [-0.15, -0.1) is 0 Å². The maximum atomic E-state index is 16.8. The standard InChI is InChI=1S/C30H33FN2O5/c1-29(2,3)38-28(34)30(16-18-37-19-17-30)24-14-15-25(33(35)36)27(26(24)31)32(20-22-10-6-4-7-11-22)21-23-12-8-5-9-13-23/h4-15H,16-21H2,1-3H3. The molecule has 0 aliphatic carbocycles. The third kappa shape index (κ3) is 6.02. The molecule has 200 valence electrons. The fourth-order valence-electron chi connectivity index (χ4n) is 4.87. The molecule has 0 amide bonds. The van der Waals surface area contributed by atoms with Gasteiger partial charge in [-0.2, -0.15) is 0 Å². The van der Waals surface area contributed by atoms with E-state index in [4.69, 9.17) is 9.47 Å². The number of rotatable bonds is 8. The van der Waals surface area contributed by atoms with Crippen LogP contribution >= 0.6 is 0 Å². The first-order valence-electron chi connectivity index (χ1n) is 12.7. The molecule has 1 aliphatic heterocycles. The van der Waals surface area contributed by atoms with Gasteiger partial charge in [0.15, 0.2) is 11.5 Å². The summed E-state index contributed by atoms with van der Waals surface area (Å²) in [6, 6.07) is 21.5. The second kappa shape index (κ2) is 11.3.